The van der Waals surface area contributed by atoms with Gasteiger partial charge in [0, 0.05) is 18.1 Å². The minimum Gasteiger partial charge on any atom is -0.314 e. The van der Waals surface area contributed by atoms with Crippen LogP contribution in [0.25, 0.3) is 0 Å². The Labute approximate surface area is 112 Å². The number of nitrogens with one attached hydrogen (secondary N) is 2. The maximum absolute atomic E-state index is 4.01. The maximum atomic E-state index is 4.01. The first-order chi connectivity index (χ1) is 8.67. The van der Waals surface area contributed by atoms with Gasteiger partial charge in [-0.25, -0.2) is 0 Å². The first kappa shape index (κ1) is 12.9. The third-order valence-corrected chi connectivity index (χ3v) is 5.87. The van der Waals surface area contributed by atoms with Crippen molar-refractivity contribution >= 4 is 0 Å². The van der Waals surface area contributed by atoms with E-state index in [-0.39, 0.29) is 0 Å². The van der Waals surface area contributed by atoms with E-state index >= 15 is 0 Å². The SMILES string of the molecule is CC1(C)CCC1NC1CCCC1C1CCCCN1. The van der Waals surface area contributed by atoms with E-state index in [9.17, 15) is 0 Å². The Hall–Kier alpha value is -0.0800. The zero-order valence-corrected chi connectivity index (χ0v) is 12.2. The second-order valence-corrected chi connectivity index (χ2v) is 7.50. The van der Waals surface area contributed by atoms with E-state index in [1.807, 2.05) is 0 Å². The lowest BCUT2D eigenvalue weighted by Gasteiger charge is -2.47. The summed E-state index contributed by atoms with van der Waals surface area (Å²) in [7, 11) is 0. The lowest BCUT2D eigenvalue weighted by molar-refractivity contribution is 0.0866. The molecule has 0 bridgehead atoms. The first-order valence-corrected chi connectivity index (χ1v) is 8.16. The molecular weight excluding hydrogens is 220 g/mol. The van der Waals surface area contributed by atoms with Gasteiger partial charge in [0.15, 0.2) is 0 Å². The van der Waals surface area contributed by atoms with Crippen molar-refractivity contribution in [1.29, 1.82) is 0 Å². The molecule has 2 nitrogen and oxygen atoms in total. The van der Waals surface area contributed by atoms with Crippen molar-refractivity contribution in [2.24, 2.45) is 11.3 Å². The molecule has 1 saturated heterocycles. The summed E-state index contributed by atoms with van der Waals surface area (Å²) in [5, 5.41) is 7.79. The molecule has 1 heterocycles. The van der Waals surface area contributed by atoms with Gasteiger partial charge in [0.1, 0.15) is 0 Å². The lowest BCUT2D eigenvalue weighted by atomic mass is 9.67. The van der Waals surface area contributed by atoms with E-state index in [4.69, 9.17) is 0 Å². The topological polar surface area (TPSA) is 24.1 Å². The Bertz CT molecular complexity index is 281. The van der Waals surface area contributed by atoms with Crippen LogP contribution in [0.4, 0.5) is 0 Å². The van der Waals surface area contributed by atoms with E-state index in [2.05, 4.69) is 24.5 Å². The van der Waals surface area contributed by atoms with Gasteiger partial charge in [-0.1, -0.05) is 26.7 Å². The quantitative estimate of drug-likeness (QED) is 0.804. The summed E-state index contributed by atoms with van der Waals surface area (Å²) in [6, 6.07) is 2.39. The van der Waals surface area contributed by atoms with E-state index in [1.54, 1.807) is 0 Å². The van der Waals surface area contributed by atoms with Gasteiger partial charge in [-0.2, -0.15) is 0 Å². The summed E-state index contributed by atoms with van der Waals surface area (Å²) in [6.07, 6.45) is 11.3. The average Bonchev–Trinajstić information content (AvgIpc) is 2.84. The molecule has 18 heavy (non-hydrogen) atoms. The molecule has 3 aliphatic rings. The maximum Gasteiger partial charge on any atom is 0.0121 e. The van der Waals surface area contributed by atoms with Crippen LogP contribution in [0, 0.1) is 11.3 Å². The van der Waals surface area contributed by atoms with Gasteiger partial charge in [-0.05, 0) is 56.4 Å². The van der Waals surface area contributed by atoms with E-state index in [0.717, 1.165) is 24.0 Å². The smallest absolute Gasteiger partial charge is 0.0121 e. The van der Waals surface area contributed by atoms with Crippen LogP contribution in [-0.4, -0.2) is 24.7 Å². The van der Waals surface area contributed by atoms with Crippen LogP contribution in [-0.2, 0) is 0 Å². The monoisotopic (exact) mass is 250 g/mol. The summed E-state index contributed by atoms with van der Waals surface area (Å²) >= 11 is 0. The predicted molar refractivity (Wildman–Crippen MR) is 76.7 cm³/mol. The van der Waals surface area contributed by atoms with Gasteiger partial charge in [-0.3, -0.25) is 0 Å². The molecule has 0 aromatic heterocycles. The summed E-state index contributed by atoms with van der Waals surface area (Å²) in [5.41, 5.74) is 0.549. The van der Waals surface area contributed by atoms with Crippen molar-refractivity contribution in [1.82, 2.24) is 10.6 Å². The summed E-state index contributed by atoms with van der Waals surface area (Å²) in [6.45, 7) is 6.11. The van der Waals surface area contributed by atoms with Crippen molar-refractivity contribution in [2.75, 3.05) is 6.54 Å². The second-order valence-electron chi connectivity index (χ2n) is 7.50. The molecule has 0 aromatic carbocycles. The van der Waals surface area contributed by atoms with Gasteiger partial charge in [0.25, 0.3) is 0 Å². The van der Waals surface area contributed by atoms with Crippen molar-refractivity contribution in [2.45, 2.75) is 83.3 Å². The number of hydrogen-bond donors (Lipinski definition) is 2. The Kier molecular flexibility index (Phi) is 3.68. The number of piperidine rings is 1. The van der Waals surface area contributed by atoms with E-state index in [1.165, 1.54) is 57.9 Å². The molecule has 2 saturated carbocycles. The average molecular weight is 250 g/mol. The van der Waals surface area contributed by atoms with Crippen LogP contribution in [0.3, 0.4) is 0 Å². The standard InChI is InChI=1S/C16H30N2/c1-16(2)10-9-15(16)18-14-8-5-6-12(14)13-7-3-4-11-17-13/h12-15,17-18H,3-11H2,1-2H3. The molecular formula is C16H30N2. The predicted octanol–water partition coefficient (Wildman–Crippen LogP) is 3.08. The molecule has 2 aliphatic carbocycles. The lowest BCUT2D eigenvalue weighted by Crippen LogP contribution is -2.56. The number of hydrogen-bond acceptors (Lipinski definition) is 2. The highest BCUT2D eigenvalue weighted by Crippen LogP contribution is 2.42. The van der Waals surface area contributed by atoms with Crippen molar-refractivity contribution in [3.63, 3.8) is 0 Å². The van der Waals surface area contributed by atoms with Crippen LogP contribution < -0.4 is 10.6 Å². The first-order valence-electron chi connectivity index (χ1n) is 8.16. The third kappa shape index (κ3) is 2.46. The molecule has 0 aromatic rings. The van der Waals surface area contributed by atoms with Gasteiger partial charge in [0.2, 0.25) is 0 Å². The molecule has 1 aliphatic heterocycles. The van der Waals surface area contributed by atoms with Crippen LogP contribution in [0.2, 0.25) is 0 Å². The highest BCUT2D eigenvalue weighted by molar-refractivity contribution is 5.00. The Morgan fingerprint density at radius 3 is 2.50 bits per heavy atom. The van der Waals surface area contributed by atoms with Crippen LogP contribution >= 0.6 is 0 Å². The fourth-order valence-corrected chi connectivity index (χ4v) is 4.35. The molecule has 0 amide bonds. The molecule has 2 heteroatoms. The van der Waals surface area contributed by atoms with Crippen LogP contribution in [0.1, 0.15) is 65.2 Å². The molecule has 4 atom stereocenters. The number of rotatable bonds is 3. The molecule has 3 rings (SSSR count). The molecule has 3 fully saturated rings. The van der Waals surface area contributed by atoms with E-state index < -0.39 is 0 Å². The Morgan fingerprint density at radius 2 is 1.89 bits per heavy atom. The molecule has 4 unspecified atom stereocenters. The van der Waals surface area contributed by atoms with Gasteiger partial charge < -0.3 is 10.6 Å². The zero-order chi connectivity index (χ0) is 12.6. The normalized spacial score (nSPS) is 43.7. The van der Waals surface area contributed by atoms with Crippen molar-refractivity contribution in [3.05, 3.63) is 0 Å². The minimum atomic E-state index is 0.549. The largest absolute Gasteiger partial charge is 0.314 e. The zero-order valence-electron chi connectivity index (χ0n) is 12.2. The molecule has 0 radical (unpaired) electrons. The summed E-state index contributed by atoms with van der Waals surface area (Å²) < 4.78 is 0. The van der Waals surface area contributed by atoms with Gasteiger partial charge in [0.05, 0.1) is 0 Å². The summed E-state index contributed by atoms with van der Waals surface area (Å²) in [5.74, 6) is 0.904. The third-order valence-electron chi connectivity index (χ3n) is 5.87. The summed E-state index contributed by atoms with van der Waals surface area (Å²) in [4.78, 5) is 0. The Balaban J connectivity index is 1.57. The second kappa shape index (κ2) is 5.13. The minimum absolute atomic E-state index is 0.549. The Morgan fingerprint density at radius 1 is 1.00 bits per heavy atom. The molecule has 0 spiro atoms. The highest BCUT2D eigenvalue weighted by Gasteiger charge is 2.42. The van der Waals surface area contributed by atoms with Crippen molar-refractivity contribution < 1.29 is 0 Å². The van der Waals surface area contributed by atoms with Gasteiger partial charge in [-0.15, -0.1) is 0 Å². The van der Waals surface area contributed by atoms with Crippen LogP contribution in [0.15, 0.2) is 0 Å². The fraction of sp³-hybridized carbons (Fsp3) is 1.00. The fourth-order valence-electron chi connectivity index (χ4n) is 4.35. The molecule has 104 valence electrons. The van der Waals surface area contributed by atoms with E-state index in [0.29, 0.717) is 5.41 Å². The van der Waals surface area contributed by atoms with Crippen LogP contribution in [0.5, 0.6) is 0 Å². The highest BCUT2D eigenvalue weighted by atomic mass is 15.0. The van der Waals surface area contributed by atoms with Gasteiger partial charge >= 0.3 is 0 Å². The molecule has 2 N–H and O–H groups in total. The van der Waals surface area contributed by atoms with Crippen molar-refractivity contribution in [3.8, 4) is 0 Å².